The molecule has 0 bridgehead atoms. The monoisotopic (exact) mass is 447 g/mol. The van der Waals surface area contributed by atoms with Crippen LogP contribution in [0.1, 0.15) is 44.7 Å². The molecule has 0 radical (unpaired) electrons. The van der Waals surface area contributed by atoms with Gasteiger partial charge in [-0.1, -0.05) is 44.0 Å². The number of fused-ring (bicyclic) bond motifs is 1. The summed E-state index contributed by atoms with van der Waals surface area (Å²) in [6.45, 7) is 4.73. The first kappa shape index (κ1) is 22.4. The Balaban J connectivity index is 1.62. The molecule has 0 fully saturated rings. The summed E-state index contributed by atoms with van der Waals surface area (Å²) in [4.78, 5) is 17.8. The second kappa shape index (κ2) is 10.2. The second-order valence-electron chi connectivity index (χ2n) is 7.87. The highest BCUT2D eigenvalue weighted by Gasteiger charge is 2.33. The number of anilines is 2. The molecule has 4 rings (SSSR count). The van der Waals surface area contributed by atoms with Gasteiger partial charge in [0, 0.05) is 5.70 Å². The Bertz CT molecular complexity index is 1140. The maximum absolute atomic E-state index is 13.5. The number of nitrogens with one attached hydrogen (secondary N) is 2. The van der Waals surface area contributed by atoms with E-state index in [1.54, 1.807) is 11.8 Å². The fraction of sp³-hybridized carbons (Fsp3) is 0.320. The molecule has 2 aromatic carbocycles. The van der Waals surface area contributed by atoms with Crippen molar-refractivity contribution in [3.05, 3.63) is 71.7 Å². The highest BCUT2D eigenvalue weighted by atomic mass is 16.5. The van der Waals surface area contributed by atoms with Crippen molar-refractivity contribution in [1.82, 2.24) is 14.8 Å². The standard InChI is InChI=1S/C25H29N5O3/c1-4-5-8-15-33-19-13-11-18(12-14-19)23-22(17(2)28-25-26-16-27-30(23)25)24(31)29-20-9-6-7-10-21(20)32-3/h6-7,9-14,16,23H,4-5,8,15H2,1-3H3,(H,29,31)(H,26,27,28). The fourth-order valence-corrected chi connectivity index (χ4v) is 3.92. The molecule has 3 aromatic rings. The van der Waals surface area contributed by atoms with Gasteiger partial charge in [-0.25, -0.2) is 4.68 Å². The molecule has 1 amide bonds. The van der Waals surface area contributed by atoms with Gasteiger partial charge < -0.3 is 20.1 Å². The normalized spacial score (nSPS) is 14.9. The van der Waals surface area contributed by atoms with Crippen molar-refractivity contribution in [2.24, 2.45) is 0 Å². The lowest BCUT2D eigenvalue weighted by Crippen LogP contribution is -2.31. The zero-order valence-electron chi connectivity index (χ0n) is 19.2. The first-order chi connectivity index (χ1) is 16.1. The van der Waals surface area contributed by atoms with Gasteiger partial charge in [0.1, 0.15) is 23.9 Å². The molecule has 8 heteroatoms. The summed E-state index contributed by atoms with van der Waals surface area (Å²) in [5, 5.41) is 10.6. The summed E-state index contributed by atoms with van der Waals surface area (Å²) < 4.78 is 13.0. The molecular formula is C25H29N5O3. The number of hydrogen-bond acceptors (Lipinski definition) is 6. The van der Waals surface area contributed by atoms with Crippen molar-refractivity contribution in [3.8, 4) is 11.5 Å². The summed E-state index contributed by atoms with van der Waals surface area (Å²) in [5.41, 5.74) is 2.78. The predicted octanol–water partition coefficient (Wildman–Crippen LogP) is 4.78. The van der Waals surface area contributed by atoms with E-state index in [0.717, 1.165) is 30.6 Å². The molecular weight excluding hydrogens is 418 g/mol. The molecule has 0 saturated heterocycles. The van der Waals surface area contributed by atoms with Crippen LogP contribution >= 0.6 is 0 Å². The first-order valence-corrected chi connectivity index (χ1v) is 11.2. The maximum Gasteiger partial charge on any atom is 0.255 e. The summed E-state index contributed by atoms with van der Waals surface area (Å²) >= 11 is 0. The van der Waals surface area contributed by atoms with Gasteiger partial charge in [-0.3, -0.25) is 4.79 Å². The molecule has 0 aliphatic carbocycles. The van der Waals surface area contributed by atoms with Crippen molar-refractivity contribution in [2.75, 3.05) is 24.4 Å². The molecule has 2 heterocycles. The van der Waals surface area contributed by atoms with Crippen LogP contribution in [0.4, 0.5) is 11.6 Å². The fourth-order valence-electron chi connectivity index (χ4n) is 3.92. The summed E-state index contributed by atoms with van der Waals surface area (Å²) in [5.74, 6) is 1.75. The molecule has 0 spiro atoms. The number of nitrogens with zero attached hydrogens (tertiary/aromatic N) is 3. The molecule has 1 unspecified atom stereocenters. The minimum Gasteiger partial charge on any atom is -0.495 e. The highest BCUT2D eigenvalue weighted by Crippen LogP contribution is 2.36. The van der Waals surface area contributed by atoms with Crippen LogP contribution in [0.2, 0.25) is 0 Å². The number of carbonyl (C=O) groups excluding carboxylic acids is 1. The number of methoxy groups -OCH3 is 1. The van der Waals surface area contributed by atoms with E-state index in [4.69, 9.17) is 9.47 Å². The van der Waals surface area contributed by atoms with Crippen molar-refractivity contribution in [2.45, 2.75) is 39.2 Å². The number of benzene rings is 2. The summed E-state index contributed by atoms with van der Waals surface area (Å²) in [7, 11) is 1.58. The third kappa shape index (κ3) is 4.84. The molecule has 0 saturated carbocycles. The van der Waals surface area contributed by atoms with Gasteiger partial charge in [-0.15, -0.1) is 0 Å². The van der Waals surface area contributed by atoms with Crippen molar-refractivity contribution < 1.29 is 14.3 Å². The number of carbonyl (C=O) groups is 1. The molecule has 1 aliphatic heterocycles. The SMILES string of the molecule is CCCCCOc1ccc(C2C(C(=O)Nc3ccccc3OC)=C(C)Nc3ncnn32)cc1. The van der Waals surface area contributed by atoms with Gasteiger partial charge >= 0.3 is 0 Å². The smallest absolute Gasteiger partial charge is 0.255 e. The van der Waals surface area contributed by atoms with Gasteiger partial charge in [0.25, 0.3) is 5.91 Å². The number of unbranched alkanes of at least 4 members (excludes halogenated alkanes) is 2. The third-order valence-corrected chi connectivity index (χ3v) is 5.61. The quantitative estimate of drug-likeness (QED) is 0.459. The minimum atomic E-state index is -0.437. The van der Waals surface area contributed by atoms with Gasteiger partial charge in [-0.2, -0.15) is 10.1 Å². The average molecular weight is 448 g/mol. The predicted molar refractivity (Wildman–Crippen MR) is 128 cm³/mol. The Hall–Kier alpha value is -3.81. The van der Waals surface area contributed by atoms with E-state index in [2.05, 4.69) is 27.6 Å². The summed E-state index contributed by atoms with van der Waals surface area (Å²) in [6.07, 6.45) is 4.82. The summed E-state index contributed by atoms with van der Waals surface area (Å²) in [6, 6.07) is 14.7. The van der Waals surface area contributed by atoms with Crippen LogP contribution in [-0.2, 0) is 4.79 Å². The topological polar surface area (TPSA) is 90.3 Å². The Kier molecular flexibility index (Phi) is 6.92. The lowest BCUT2D eigenvalue weighted by Gasteiger charge is -2.29. The number of ether oxygens (including phenoxy) is 2. The van der Waals surface area contributed by atoms with Crippen LogP contribution in [0.3, 0.4) is 0 Å². The van der Waals surface area contributed by atoms with E-state index < -0.39 is 6.04 Å². The molecule has 8 nitrogen and oxygen atoms in total. The Morgan fingerprint density at radius 3 is 2.70 bits per heavy atom. The molecule has 172 valence electrons. The molecule has 2 N–H and O–H groups in total. The van der Waals surface area contributed by atoms with E-state index in [9.17, 15) is 4.79 Å². The molecule has 1 atom stereocenters. The lowest BCUT2D eigenvalue weighted by molar-refractivity contribution is -0.113. The van der Waals surface area contributed by atoms with Gasteiger partial charge in [0.05, 0.1) is 25.0 Å². The van der Waals surface area contributed by atoms with Crippen LogP contribution in [0.25, 0.3) is 0 Å². The van der Waals surface area contributed by atoms with Crippen LogP contribution in [-0.4, -0.2) is 34.4 Å². The lowest BCUT2D eigenvalue weighted by atomic mass is 9.95. The Morgan fingerprint density at radius 2 is 1.94 bits per heavy atom. The number of rotatable bonds is 9. The van der Waals surface area contributed by atoms with Crippen molar-refractivity contribution in [3.63, 3.8) is 0 Å². The highest BCUT2D eigenvalue weighted by molar-refractivity contribution is 6.06. The second-order valence-corrected chi connectivity index (χ2v) is 7.87. The van der Waals surface area contributed by atoms with E-state index >= 15 is 0 Å². The van der Waals surface area contributed by atoms with Crippen molar-refractivity contribution >= 4 is 17.5 Å². The van der Waals surface area contributed by atoms with Crippen LogP contribution in [0.15, 0.2) is 66.1 Å². The largest absolute Gasteiger partial charge is 0.495 e. The number of aromatic nitrogens is 3. The maximum atomic E-state index is 13.5. The van der Waals surface area contributed by atoms with E-state index in [1.807, 2.05) is 55.5 Å². The number of para-hydroxylation sites is 2. The van der Waals surface area contributed by atoms with E-state index in [0.29, 0.717) is 35.3 Å². The molecule has 1 aliphatic rings. The third-order valence-electron chi connectivity index (χ3n) is 5.61. The van der Waals surface area contributed by atoms with Gasteiger partial charge in [-0.05, 0) is 43.2 Å². The zero-order chi connectivity index (χ0) is 23.2. The number of amides is 1. The van der Waals surface area contributed by atoms with E-state index in [-0.39, 0.29) is 5.91 Å². The minimum absolute atomic E-state index is 0.240. The average Bonchev–Trinajstić information content (AvgIpc) is 3.29. The van der Waals surface area contributed by atoms with Gasteiger partial charge in [0.15, 0.2) is 0 Å². The van der Waals surface area contributed by atoms with Gasteiger partial charge in [0.2, 0.25) is 5.95 Å². The number of hydrogen-bond donors (Lipinski definition) is 2. The van der Waals surface area contributed by atoms with Crippen LogP contribution < -0.4 is 20.1 Å². The van der Waals surface area contributed by atoms with Crippen LogP contribution in [0.5, 0.6) is 11.5 Å². The molecule has 1 aromatic heterocycles. The van der Waals surface area contributed by atoms with Crippen LogP contribution in [0, 0.1) is 0 Å². The number of allylic oxidation sites excluding steroid dienone is 1. The Morgan fingerprint density at radius 1 is 1.15 bits per heavy atom. The first-order valence-electron chi connectivity index (χ1n) is 11.2. The van der Waals surface area contributed by atoms with Crippen molar-refractivity contribution in [1.29, 1.82) is 0 Å². The Labute approximate surface area is 193 Å². The molecule has 33 heavy (non-hydrogen) atoms. The van der Waals surface area contributed by atoms with E-state index in [1.165, 1.54) is 6.33 Å². The zero-order valence-corrected chi connectivity index (χ0v) is 19.2.